The lowest BCUT2D eigenvalue weighted by molar-refractivity contribution is 0.0563. The first-order valence-electron chi connectivity index (χ1n) is 7.94. The zero-order chi connectivity index (χ0) is 14.9. The Morgan fingerprint density at radius 2 is 1.95 bits per heavy atom. The molecule has 21 heavy (non-hydrogen) atoms. The van der Waals surface area contributed by atoms with Gasteiger partial charge in [0.2, 0.25) is 0 Å². The topological polar surface area (TPSA) is 50.7 Å². The predicted molar refractivity (Wildman–Crippen MR) is 83.8 cm³/mol. The molecule has 1 aliphatic rings. The molecule has 4 nitrogen and oxygen atoms in total. The van der Waals surface area contributed by atoms with Crippen LogP contribution in [0.5, 0.6) is 5.75 Å². The monoisotopic (exact) mass is 293 g/mol. The first-order valence-corrected chi connectivity index (χ1v) is 7.94. The van der Waals surface area contributed by atoms with E-state index in [1.165, 1.54) is 31.2 Å². The molecule has 0 saturated heterocycles. The Hall–Kier alpha value is -1.10. The summed E-state index contributed by atoms with van der Waals surface area (Å²) in [5.74, 6) is 0.796. The summed E-state index contributed by atoms with van der Waals surface area (Å²) in [6.45, 7) is 4.37. The minimum absolute atomic E-state index is 0.305. The molecule has 4 heteroatoms. The van der Waals surface area contributed by atoms with Crippen LogP contribution in [0.2, 0.25) is 0 Å². The Kier molecular flexibility index (Phi) is 7.00. The number of aryl methyl sites for hydroxylation is 1. The fourth-order valence-electron chi connectivity index (χ4n) is 2.51. The van der Waals surface area contributed by atoms with Crippen molar-refractivity contribution in [3.8, 4) is 5.75 Å². The third-order valence-electron chi connectivity index (χ3n) is 3.78. The standard InChI is InChI=1S/C17H27NO3/c1-14-6-8-17(9-7-14)21-13-15(19)12-18-10-11-20-16-4-2-3-5-16/h6-9,15-16,18-19H,2-5,10-13H2,1H3. The fourth-order valence-corrected chi connectivity index (χ4v) is 2.51. The fraction of sp³-hybridized carbons (Fsp3) is 0.647. The average molecular weight is 293 g/mol. The lowest BCUT2D eigenvalue weighted by Crippen LogP contribution is -2.33. The SMILES string of the molecule is Cc1ccc(OCC(O)CNCCOC2CCCC2)cc1. The molecule has 1 fully saturated rings. The molecular weight excluding hydrogens is 266 g/mol. The molecule has 0 bridgehead atoms. The maximum Gasteiger partial charge on any atom is 0.119 e. The van der Waals surface area contributed by atoms with E-state index in [0.29, 0.717) is 19.3 Å². The lowest BCUT2D eigenvalue weighted by atomic mass is 10.2. The lowest BCUT2D eigenvalue weighted by Gasteiger charge is -2.14. The number of nitrogens with one attached hydrogen (secondary N) is 1. The Morgan fingerprint density at radius 3 is 2.67 bits per heavy atom. The van der Waals surface area contributed by atoms with Gasteiger partial charge >= 0.3 is 0 Å². The van der Waals surface area contributed by atoms with Crippen LogP contribution in [0.1, 0.15) is 31.2 Å². The van der Waals surface area contributed by atoms with Crippen LogP contribution < -0.4 is 10.1 Å². The molecular formula is C17H27NO3. The second-order valence-corrected chi connectivity index (χ2v) is 5.76. The third kappa shape index (κ3) is 6.46. The minimum Gasteiger partial charge on any atom is -0.491 e. The highest BCUT2D eigenvalue weighted by atomic mass is 16.5. The molecule has 0 aliphatic heterocycles. The number of hydrogen-bond acceptors (Lipinski definition) is 4. The van der Waals surface area contributed by atoms with Crippen molar-refractivity contribution in [1.29, 1.82) is 0 Å². The van der Waals surface area contributed by atoms with Gasteiger partial charge in [0.15, 0.2) is 0 Å². The van der Waals surface area contributed by atoms with Crippen molar-refractivity contribution in [3.05, 3.63) is 29.8 Å². The summed E-state index contributed by atoms with van der Waals surface area (Å²) in [4.78, 5) is 0. The van der Waals surface area contributed by atoms with Crippen molar-refractivity contribution in [3.63, 3.8) is 0 Å². The Morgan fingerprint density at radius 1 is 1.24 bits per heavy atom. The molecule has 2 N–H and O–H groups in total. The van der Waals surface area contributed by atoms with Crippen LogP contribution in [0.25, 0.3) is 0 Å². The zero-order valence-corrected chi connectivity index (χ0v) is 12.9. The highest BCUT2D eigenvalue weighted by Crippen LogP contribution is 2.20. The normalized spacial score (nSPS) is 17.0. The third-order valence-corrected chi connectivity index (χ3v) is 3.78. The van der Waals surface area contributed by atoms with Gasteiger partial charge < -0.3 is 19.9 Å². The predicted octanol–water partition coefficient (Wildman–Crippen LogP) is 2.28. The van der Waals surface area contributed by atoms with E-state index in [2.05, 4.69) is 5.32 Å². The summed E-state index contributed by atoms with van der Waals surface area (Å²) in [7, 11) is 0. The number of aliphatic hydroxyl groups is 1. The van der Waals surface area contributed by atoms with Gasteiger partial charge in [-0.3, -0.25) is 0 Å². The molecule has 1 aliphatic carbocycles. The van der Waals surface area contributed by atoms with E-state index in [4.69, 9.17) is 9.47 Å². The van der Waals surface area contributed by atoms with Gasteiger partial charge in [-0.25, -0.2) is 0 Å². The van der Waals surface area contributed by atoms with Crippen LogP contribution in [0, 0.1) is 6.92 Å². The van der Waals surface area contributed by atoms with Crippen molar-refractivity contribution in [1.82, 2.24) is 5.32 Å². The highest BCUT2D eigenvalue weighted by Gasteiger charge is 2.14. The van der Waals surface area contributed by atoms with E-state index in [9.17, 15) is 5.11 Å². The number of ether oxygens (including phenoxy) is 2. The maximum atomic E-state index is 9.85. The molecule has 0 spiro atoms. The molecule has 0 heterocycles. The van der Waals surface area contributed by atoms with Crippen LogP contribution in [-0.2, 0) is 4.74 Å². The summed E-state index contributed by atoms with van der Waals surface area (Å²) >= 11 is 0. The van der Waals surface area contributed by atoms with Crippen LogP contribution in [0.15, 0.2) is 24.3 Å². The molecule has 0 amide bonds. The zero-order valence-electron chi connectivity index (χ0n) is 12.9. The Labute approximate surface area is 127 Å². The summed E-state index contributed by atoms with van der Waals surface area (Å²) < 4.78 is 11.3. The quantitative estimate of drug-likeness (QED) is 0.686. The van der Waals surface area contributed by atoms with Crippen LogP contribution >= 0.6 is 0 Å². The van der Waals surface area contributed by atoms with E-state index in [1.807, 2.05) is 31.2 Å². The van der Waals surface area contributed by atoms with Gasteiger partial charge in [-0.2, -0.15) is 0 Å². The van der Waals surface area contributed by atoms with Crippen molar-refractivity contribution in [2.75, 3.05) is 26.3 Å². The first-order chi connectivity index (χ1) is 10.2. The molecule has 1 aromatic carbocycles. The van der Waals surface area contributed by atoms with Crippen molar-refractivity contribution < 1.29 is 14.6 Å². The molecule has 1 atom stereocenters. The van der Waals surface area contributed by atoms with Crippen LogP contribution in [0.4, 0.5) is 0 Å². The maximum absolute atomic E-state index is 9.85. The molecule has 1 unspecified atom stereocenters. The van der Waals surface area contributed by atoms with Gasteiger partial charge in [0.1, 0.15) is 18.5 Å². The van der Waals surface area contributed by atoms with Crippen molar-refractivity contribution >= 4 is 0 Å². The van der Waals surface area contributed by atoms with E-state index < -0.39 is 6.10 Å². The number of rotatable bonds is 9. The Bertz CT molecular complexity index is 388. The van der Waals surface area contributed by atoms with E-state index in [0.717, 1.165) is 18.9 Å². The summed E-state index contributed by atoms with van der Waals surface area (Å²) in [6, 6.07) is 7.84. The van der Waals surface area contributed by atoms with Crippen LogP contribution in [0.3, 0.4) is 0 Å². The van der Waals surface area contributed by atoms with Gasteiger partial charge in [-0.05, 0) is 31.9 Å². The van der Waals surface area contributed by atoms with Crippen molar-refractivity contribution in [2.45, 2.75) is 44.8 Å². The number of hydrogen-bond donors (Lipinski definition) is 2. The average Bonchev–Trinajstić information content (AvgIpc) is 2.99. The summed E-state index contributed by atoms with van der Waals surface area (Å²) in [5, 5.41) is 13.0. The second kappa shape index (κ2) is 9.03. The van der Waals surface area contributed by atoms with Crippen molar-refractivity contribution in [2.24, 2.45) is 0 Å². The van der Waals surface area contributed by atoms with E-state index >= 15 is 0 Å². The smallest absolute Gasteiger partial charge is 0.119 e. The largest absolute Gasteiger partial charge is 0.491 e. The van der Waals surface area contributed by atoms with Gasteiger partial charge in [-0.15, -0.1) is 0 Å². The van der Waals surface area contributed by atoms with Gasteiger partial charge in [-0.1, -0.05) is 30.5 Å². The summed E-state index contributed by atoms with van der Waals surface area (Å²) in [6.07, 6.45) is 4.96. The molecule has 118 valence electrons. The number of benzene rings is 1. The van der Waals surface area contributed by atoms with E-state index in [1.54, 1.807) is 0 Å². The number of aliphatic hydroxyl groups excluding tert-OH is 1. The molecule has 1 aromatic rings. The summed E-state index contributed by atoms with van der Waals surface area (Å²) in [5.41, 5.74) is 1.20. The van der Waals surface area contributed by atoms with E-state index in [-0.39, 0.29) is 0 Å². The first kappa shape index (κ1) is 16.3. The molecule has 0 aromatic heterocycles. The second-order valence-electron chi connectivity index (χ2n) is 5.76. The highest BCUT2D eigenvalue weighted by molar-refractivity contribution is 5.26. The Balaban J connectivity index is 1.49. The van der Waals surface area contributed by atoms with Crippen LogP contribution in [-0.4, -0.2) is 43.6 Å². The molecule has 0 radical (unpaired) electrons. The minimum atomic E-state index is -0.502. The van der Waals surface area contributed by atoms with Gasteiger partial charge in [0.25, 0.3) is 0 Å². The van der Waals surface area contributed by atoms with Gasteiger partial charge in [0, 0.05) is 13.1 Å². The van der Waals surface area contributed by atoms with Gasteiger partial charge in [0.05, 0.1) is 12.7 Å². The molecule has 1 saturated carbocycles. The molecule has 2 rings (SSSR count).